The third-order valence-electron chi connectivity index (χ3n) is 1.38. The fourth-order valence-corrected chi connectivity index (χ4v) is 0.944. The van der Waals surface area contributed by atoms with Crippen molar-refractivity contribution in [3.63, 3.8) is 0 Å². The first-order chi connectivity index (χ1) is 4.43. The van der Waals surface area contributed by atoms with Crippen LogP contribution < -0.4 is 0 Å². The van der Waals surface area contributed by atoms with Crippen LogP contribution in [0.1, 0.15) is 19.8 Å². The van der Waals surface area contributed by atoms with Crippen molar-refractivity contribution in [2.75, 3.05) is 19.8 Å². The van der Waals surface area contributed by atoms with Crippen molar-refractivity contribution in [2.45, 2.75) is 19.8 Å². The van der Waals surface area contributed by atoms with E-state index in [1.54, 1.807) is 0 Å². The smallest absolute Gasteiger partial charge is 0.0845 e. The molecule has 0 bridgehead atoms. The zero-order valence-electron chi connectivity index (χ0n) is 5.89. The number of hydrogen-bond donors (Lipinski definition) is 0. The topological polar surface area (TPSA) is 21.6 Å². The second-order valence-corrected chi connectivity index (χ2v) is 2.25. The molecule has 0 saturated heterocycles. The molecule has 0 spiro atoms. The molecule has 0 aliphatic carbocycles. The van der Waals surface area contributed by atoms with Crippen LogP contribution in [-0.4, -0.2) is 25.5 Å². The molecule has 0 fully saturated rings. The number of rotatable bonds is 2. The summed E-state index contributed by atoms with van der Waals surface area (Å²) >= 11 is 0. The second kappa shape index (κ2) is 3.62. The third kappa shape index (κ3) is 2.14. The van der Waals surface area contributed by atoms with E-state index in [-0.39, 0.29) is 0 Å². The minimum Gasteiger partial charge on any atom is -0.374 e. The van der Waals surface area contributed by atoms with Gasteiger partial charge in [0.1, 0.15) is 0 Å². The van der Waals surface area contributed by atoms with Gasteiger partial charge in [0.05, 0.1) is 19.8 Å². The van der Waals surface area contributed by atoms with E-state index in [0.717, 1.165) is 26.2 Å². The van der Waals surface area contributed by atoms with Crippen molar-refractivity contribution < 1.29 is 4.74 Å². The Bertz CT molecular complexity index is 109. The van der Waals surface area contributed by atoms with Gasteiger partial charge in [-0.25, -0.2) is 0 Å². The Hall–Kier alpha value is -0.370. The molecule has 2 heteroatoms. The lowest BCUT2D eigenvalue weighted by molar-refractivity contribution is 0.169. The highest BCUT2D eigenvalue weighted by atomic mass is 16.5. The Labute approximate surface area is 55.9 Å². The maximum atomic E-state index is 5.20. The molecule has 1 heterocycles. The Kier molecular flexibility index (Phi) is 2.71. The Morgan fingerprint density at radius 1 is 1.67 bits per heavy atom. The lowest BCUT2D eigenvalue weighted by atomic mass is 10.2. The van der Waals surface area contributed by atoms with Gasteiger partial charge >= 0.3 is 0 Å². The van der Waals surface area contributed by atoms with Gasteiger partial charge in [-0.2, -0.15) is 0 Å². The summed E-state index contributed by atoms with van der Waals surface area (Å²) in [5.74, 6) is 0. The number of aliphatic imine (C=N–C) groups is 1. The molecule has 0 radical (unpaired) electrons. The highest BCUT2D eigenvalue weighted by Crippen LogP contribution is 1.97. The van der Waals surface area contributed by atoms with Gasteiger partial charge in [0.15, 0.2) is 0 Å². The van der Waals surface area contributed by atoms with Crippen molar-refractivity contribution in [1.29, 1.82) is 0 Å². The predicted molar refractivity (Wildman–Crippen MR) is 38.0 cm³/mol. The van der Waals surface area contributed by atoms with Crippen molar-refractivity contribution in [2.24, 2.45) is 4.99 Å². The average molecular weight is 127 g/mol. The van der Waals surface area contributed by atoms with Crippen molar-refractivity contribution in [3.8, 4) is 0 Å². The van der Waals surface area contributed by atoms with E-state index in [1.165, 1.54) is 12.1 Å². The molecule has 0 N–H and O–H groups in total. The largest absolute Gasteiger partial charge is 0.374 e. The van der Waals surface area contributed by atoms with Gasteiger partial charge in [0.25, 0.3) is 0 Å². The van der Waals surface area contributed by atoms with Crippen LogP contribution in [0.15, 0.2) is 4.99 Å². The molecule has 9 heavy (non-hydrogen) atoms. The molecule has 1 aliphatic heterocycles. The minimum atomic E-state index is 0.772. The first-order valence-electron chi connectivity index (χ1n) is 3.53. The maximum absolute atomic E-state index is 5.20. The Morgan fingerprint density at radius 3 is 3.11 bits per heavy atom. The Balaban J connectivity index is 2.28. The number of hydrogen-bond acceptors (Lipinski definition) is 2. The van der Waals surface area contributed by atoms with E-state index in [0.29, 0.717) is 0 Å². The molecule has 0 unspecified atom stereocenters. The molecular formula is C7H13NO. The van der Waals surface area contributed by atoms with Gasteiger partial charge < -0.3 is 4.74 Å². The summed E-state index contributed by atoms with van der Waals surface area (Å²) in [4.78, 5) is 4.31. The van der Waals surface area contributed by atoms with Crippen LogP contribution in [0.2, 0.25) is 0 Å². The average Bonchev–Trinajstić information content (AvgIpc) is 1.91. The molecule has 0 aromatic heterocycles. The monoisotopic (exact) mass is 127 g/mol. The summed E-state index contributed by atoms with van der Waals surface area (Å²) in [7, 11) is 0. The highest BCUT2D eigenvalue weighted by Gasteiger charge is 2.02. The zero-order valence-corrected chi connectivity index (χ0v) is 5.89. The molecule has 52 valence electrons. The second-order valence-electron chi connectivity index (χ2n) is 2.25. The van der Waals surface area contributed by atoms with Gasteiger partial charge in [0.2, 0.25) is 0 Å². The number of nitrogens with zero attached hydrogens (tertiary/aromatic N) is 1. The fraction of sp³-hybridized carbons (Fsp3) is 0.857. The summed E-state index contributed by atoms with van der Waals surface area (Å²) in [5, 5.41) is 0. The molecule has 0 saturated carbocycles. The van der Waals surface area contributed by atoms with E-state index in [2.05, 4.69) is 11.9 Å². The Morgan fingerprint density at radius 2 is 2.56 bits per heavy atom. The van der Waals surface area contributed by atoms with Gasteiger partial charge in [-0.05, 0) is 6.42 Å². The van der Waals surface area contributed by atoms with Crippen LogP contribution in [0.4, 0.5) is 0 Å². The third-order valence-corrected chi connectivity index (χ3v) is 1.38. The molecule has 0 aromatic carbocycles. The molecule has 0 amide bonds. The van der Waals surface area contributed by atoms with Crippen LogP contribution in [0.5, 0.6) is 0 Å². The maximum Gasteiger partial charge on any atom is 0.0845 e. The lowest BCUT2D eigenvalue weighted by Crippen LogP contribution is -2.17. The SMILES string of the molecule is CCCC1=NCCOC1. The van der Waals surface area contributed by atoms with E-state index < -0.39 is 0 Å². The van der Waals surface area contributed by atoms with E-state index in [4.69, 9.17) is 4.74 Å². The van der Waals surface area contributed by atoms with Gasteiger partial charge in [-0.1, -0.05) is 13.3 Å². The van der Waals surface area contributed by atoms with Crippen molar-refractivity contribution in [1.82, 2.24) is 0 Å². The van der Waals surface area contributed by atoms with Gasteiger partial charge in [0, 0.05) is 5.71 Å². The van der Waals surface area contributed by atoms with Crippen LogP contribution in [0.25, 0.3) is 0 Å². The quantitative estimate of drug-likeness (QED) is 0.547. The molecule has 1 rings (SSSR count). The lowest BCUT2D eigenvalue weighted by Gasteiger charge is -2.10. The van der Waals surface area contributed by atoms with Crippen LogP contribution in [-0.2, 0) is 4.74 Å². The molecule has 1 aliphatic rings. The first-order valence-corrected chi connectivity index (χ1v) is 3.53. The number of ether oxygens (including phenoxy) is 1. The molecular weight excluding hydrogens is 114 g/mol. The van der Waals surface area contributed by atoms with Crippen molar-refractivity contribution >= 4 is 5.71 Å². The predicted octanol–water partition coefficient (Wildman–Crippen LogP) is 1.26. The zero-order chi connectivity index (χ0) is 6.53. The van der Waals surface area contributed by atoms with Gasteiger partial charge in [-0.3, -0.25) is 4.99 Å². The highest BCUT2D eigenvalue weighted by molar-refractivity contribution is 5.85. The molecule has 2 nitrogen and oxygen atoms in total. The van der Waals surface area contributed by atoms with Crippen LogP contribution in [0.3, 0.4) is 0 Å². The summed E-state index contributed by atoms with van der Waals surface area (Å²) in [6.07, 6.45) is 2.29. The first kappa shape index (κ1) is 6.75. The van der Waals surface area contributed by atoms with E-state index in [1.807, 2.05) is 0 Å². The standard InChI is InChI=1S/C7H13NO/c1-2-3-7-6-9-5-4-8-7/h2-6H2,1H3. The summed E-state index contributed by atoms with van der Waals surface area (Å²) in [6, 6.07) is 0. The van der Waals surface area contributed by atoms with Crippen molar-refractivity contribution in [3.05, 3.63) is 0 Å². The summed E-state index contributed by atoms with van der Waals surface area (Å²) in [6.45, 7) is 4.62. The van der Waals surface area contributed by atoms with Crippen LogP contribution in [0, 0.1) is 0 Å². The van der Waals surface area contributed by atoms with E-state index >= 15 is 0 Å². The summed E-state index contributed by atoms with van der Waals surface area (Å²) in [5.41, 5.74) is 1.24. The molecule has 0 aromatic rings. The van der Waals surface area contributed by atoms with Gasteiger partial charge in [-0.15, -0.1) is 0 Å². The minimum absolute atomic E-state index is 0.772. The fourth-order valence-electron chi connectivity index (χ4n) is 0.944. The summed E-state index contributed by atoms with van der Waals surface area (Å²) < 4.78 is 5.20. The normalized spacial score (nSPS) is 19.4. The van der Waals surface area contributed by atoms with Crippen LogP contribution >= 0.6 is 0 Å². The van der Waals surface area contributed by atoms with E-state index in [9.17, 15) is 0 Å². The molecule has 0 atom stereocenters.